The summed E-state index contributed by atoms with van der Waals surface area (Å²) in [5.41, 5.74) is 1.01. The molecular weight excluding hydrogens is 278 g/mol. The van der Waals surface area contributed by atoms with Crippen LogP contribution < -0.4 is 4.72 Å². The number of rotatable bonds is 7. The van der Waals surface area contributed by atoms with Gasteiger partial charge in [-0.25, -0.2) is 8.93 Å². The second-order valence-electron chi connectivity index (χ2n) is 7.08. The number of benzene rings is 1. The van der Waals surface area contributed by atoms with Crippen molar-refractivity contribution >= 4 is 11.0 Å². The molecule has 0 aliphatic heterocycles. The highest BCUT2D eigenvalue weighted by atomic mass is 32.2. The molecular formula is C18H31NOS. The van der Waals surface area contributed by atoms with E-state index in [9.17, 15) is 4.21 Å². The zero-order valence-electron chi connectivity index (χ0n) is 14.4. The Kier molecular flexibility index (Phi) is 6.61. The lowest BCUT2D eigenvalue weighted by atomic mass is 9.77. The first kappa shape index (κ1) is 18.4. The Labute approximate surface area is 133 Å². The molecule has 0 radical (unpaired) electrons. The molecule has 1 unspecified atom stereocenters. The van der Waals surface area contributed by atoms with Crippen LogP contribution in [0.25, 0.3) is 0 Å². The largest absolute Gasteiger partial charge is 0.242 e. The molecule has 1 aromatic rings. The van der Waals surface area contributed by atoms with Crippen LogP contribution in [-0.2, 0) is 16.5 Å². The van der Waals surface area contributed by atoms with E-state index in [2.05, 4.69) is 49.8 Å². The molecule has 120 valence electrons. The minimum absolute atomic E-state index is 0.227. The zero-order valence-corrected chi connectivity index (χ0v) is 15.2. The molecule has 0 bridgehead atoms. The second kappa shape index (κ2) is 7.55. The summed E-state index contributed by atoms with van der Waals surface area (Å²) in [4.78, 5) is 0. The van der Waals surface area contributed by atoms with E-state index in [4.69, 9.17) is 0 Å². The van der Waals surface area contributed by atoms with Crippen molar-refractivity contribution < 1.29 is 4.21 Å². The lowest BCUT2D eigenvalue weighted by Gasteiger charge is -2.40. The summed E-state index contributed by atoms with van der Waals surface area (Å²) in [7, 11) is -1.08. The molecule has 0 aromatic heterocycles. The number of unbranched alkanes of at least 4 members (excludes halogenated alkanes) is 1. The summed E-state index contributed by atoms with van der Waals surface area (Å²) in [6, 6.07) is 10.5. The molecule has 3 heteroatoms. The summed E-state index contributed by atoms with van der Waals surface area (Å²) < 4.78 is 16.0. The van der Waals surface area contributed by atoms with Gasteiger partial charge in [-0.05, 0) is 38.7 Å². The molecule has 0 saturated heterocycles. The van der Waals surface area contributed by atoms with Gasteiger partial charge in [0.1, 0.15) is 0 Å². The van der Waals surface area contributed by atoms with E-state index in [0.717, 1.165) is 19.3 Å². The monoisotopic (exact) mass is 309 g/mol. The molecule has 0 saturated carbocycles. The van der Waals surface area contributed by atoms with Crippen LogP contribution in [0.1, 0.15) is 66.4 Å². The van der Waals surface area contributed by atoms with E-state index in [1.165, 1.54) is 5.56 Å². The highest BCUT2D eigenvalue weighted by molar-refractivity contribution is 7.84. The fourth-order valence-electron chi connectivity index (χ4n) is 2.50. The zero-order chi connectivity index (χ0) is 16.1. The second-order valence-corrected chi connectivity index (χ2v) is 9.05. The van der Waals surface area contributed by atoms with Crippen molar-refractivity contribution in [2.75, 3.05) is 0 Å². The number of nitrogens with one attached hydrogen (secondary N) is 1. The predicted molar refractivity (Wildman–Crippen MR) is 93.5 cm³/mol. The quantitative estimate of drug-likeness (QED) is 0.771. The smallest absolute Gasteiger partial charge is 0.0978 e. The Hall–Kier alpha value is -0.670. The van der Waals surface area contributed by atoms with Gasteiger partial charge < -0.3 is 0 Å². The maximum Gasteiger partial charge on any atom is 0.0978 e. The van der Waals surface area contributed by atoms with E-state index in [1.54, 1.807) is 0 Å². The van der Waals surface area contributed by atoms with Gasteiger partial charge in [0.2, 0.25) is 0 Å². The van der Waals surface area contributed by atoms with Crippen molar-refractivity contribution in [1.82, 2.24) is 4.72 Å². The third-order valence-corrected chi connectivity index (χ3v) is 5.69. The number of hydrogen-bond donors (Lipinski definition) is 1. The molecule has 0 fully saturated rings. The van der Waals surface area contributed by atoms with Gasteiger partial charge in [-0.1, -0.05) is 63.9 Å². The van der Waals surface area contributed by atoms with Gasteiger partial charge in [0, 0.05) is 0 Å². The topological polar surface area (TPSA) is 29.1 Å². The van der Waals surface area contributed by atoms with Gasteiger partial charge in [-0.3, -0.25) is 0 Å². The van der Waals surface area contributed by atoms with Crippen molar-refractivity contribution in [2.24, 2.45) is 5.92 Å². The molecule has 21 heavy (non-hydrogen) atoms. The van der Waals surface area contributed by atoms with Crippen LogP contribution >= 0.6 is 0 Å². The van der Waals surface area contributed by atoms with Crippen LogP contribution in [0, 0.1) is 5.92 Å². The van der Waals surface area contributed by atoms with E-state index >= 15 is 0 Å². The lowest BCUT2D eigenvalue weighted by molar-refractivity contribution is 0.258. The summed E-state index contributed by atoms with van der Waals surface area (Å²) in [5.74, 6) is 0.373. The maximum atomic E-state index is 12.7. The molecule has 0 aliphatic rings. The first-order valence-corrected chi connectivity index (χ1v) is 9.14. The third-order valence-electron chi connectivity index (χ3n) is 4.03. The van der Waals surface area contributed by atoms with Crippen molar-refractivity contribution in [1.29, 1.82) is 0 Å². The van der Waals surface area contributed by atoms with E-state index in [0.29, 0.717) is 5.92 Å². The van der Waals surface area contributed by atoms with Crippen molar-refractivity contribution in [3.63, 3.8) is 0 Å². The molecule has 2 nitrogen and oxygen atoms in total. The molecule has 1 aromatic carbocycles. The Balaban J connectivity index is 3.22. The van der Waals surface area contributed by atoms with Crippen LogP contribution in [0.5, 0.6) is 0 Å². The molecule has 1 rings (SSSR count). The fraction of sp³-hybridized carbons (Fsp3) is 0.667. The fourth-order valence-corrected chi connectivity index (χ4v) is 3.60. The summed E-state index contributed by atoms with van der Waals surface area (Å²) in [6.45, 7) is 12.7. The Morgan fingerprint density at radius 1 is 1.14 bits per heavy atom. The van der Waals surface area contributed by atoms with Gasteiger partial charge in [0.15, 0.2) is 0 Å². The van der Waals surface area contributed by atoms with Crippen LogP contribution in [0.3, 0.4) is 0 Å². The molecule has 0 aliphatic carbocycles. The van der Waals surface area contributed by atoms with Gasteiger partial charge in [-0.2, -0.15) is 0 Å². The van der Waals surface area contributed by atoms with E-state index in [-0.39, 0.29) is 10.3 Å². The van der Waals surface area contributed by atoms with Gasteiger partial charge in [0.25, 0.3) is 0 Å². The Bertz CT molecular complexity index is 450. The van der Waals surface area contributed by atoms with E-state index < -0.39 is 11.0 Å². The van der Waals surface area contributed by atoms with Crippen LogP contribution in [0.4, 0.5) is 0 Å². The van der Waals surface area contributed by atoms with Crippen LogP contribution in [-0.4, -0.2) is 8.96 Å². The summed E-state index contributed by atoms with van der Waals surface area (Å²) in [5, 5.41) is 0. The van der Waals surface area contributed by atoms with Gasteiger partial charge in [-0.15, -0.1) is 0 Å². The predicted octanol–water partition coefficient (Wildman–Crippen LogP) is 4.78. The van der Waals surface area contributed by atoms with E-state index in [1.807, 2.05) is 26.8 Å². The normalized spacial score (nSPS) is 16.7. The first-order valence-electron chi connectivity index (χ1n) is 7.99. The highest BCUT2D eigenvalue weighted by Gasteiger charge is 2.38. The minimum atomic E-state index is -1.08. The molecule has 0 amide bonds. The standard InChI is InChI=1S/C18H31NOS/c1-7-8-14-18(15(2)3,16-12-10-9-11-13-16)19-21(20)17(4,5)6/h9-13,15,19H,7-8,14H2,1-6H3/t18-,21?/m1/s1. The SMILES string of the molecule is CCCC[C@](NS(=O)C(C)(C)C)(c1ccccc1)C(C)C. The van der Waals surface area contributed by atoms with Crippen LogP contribution in [0.2, 0.25) is 0 Å². The molecule has 2 atom stereocenters. The lowest BCUT2D eigenvalue weighted by Crippen LogP contribution is -2.51. The number of hydrogen-bond acceptors (Lipinski definition) is 1. The minimum Gasteiger partial charge on any atom is -0.242 e. The van der Waals surface area contributed by atoms with Crippen molar-refractivity contribution in [2.45, 2.75) is 71.1 Å². The Morgan fingerprint density at radius 3 is 2.14 bits per heavy atom. The average molecular weight is 310 g/mol. The molecule has 0 spiro atoms. The maximum absolute atomic E-state index is 12.7. The highest BCUT2D eigenvalue weighted by Crippen LogP contribution is 2.36. The van der Waals surface area contributed by atoms with Gasteiger partial charge in [0.05, 0.1) is 21.3 Å². The van der Waals surface area contributed by atoms with Crippen LogP contribution in [0.15, 0.2) is 30.3 Å². The average Bonchev–Trinajstić information content (AvgIpc) is 2.42. The third kappa shape index (κ3) is 4.65. The summed E-state index contributed by atoms with van der Waals surface area (Å²) >= 11 is 0. The van der Waals surface area contributed by atoms with Crippen molar-refractivity contribution in [3.05, 3.63) is 35.9 Å². The molecule has 1 N–H and O–H groups in total. The first-order chi connectivity index (χ1) is 9.74. The Morgan fingerprint density at radius 2 is 1.71 bits per heavy atom. The molecule has 0 heterocycles. The summed E-state index contributed by atoms with van der Waals surface area (Å²) in [6.07, 6.45) is 3.28. The van der Waals surface area contributed by atoms with Gasteiger partial charge >= 0.3 is 0 Å². The van der Waals surface area contributed by atoms with Crippen molar-refractivity contribution in [3.8, 4) is 0 Å².